The molecule has 2 aliphatic heterocycles. The van der Waals surface area contributed by atoms with E-state index in [2.05, 4.69) is 19.2 Å². The molecule has 2 aromatic heterocycles. The minimum atomic E-state index is -4.88. The number of hydrogen-bond acceptors (Lipinski definition) is 13. The summed E-state index contributed by atoms with van der Waals surface area (Å²) in [5.41, 5.74) is 0.690. The van der Waals surface area contributed by atoms with Crippen LogP contribution < -0.4 is 15.8 Å². The number of nitrogens with one attached hydrogen (secondary N) is 1. The Morgan fingerprint density at radius 3 is 1.95 bits per heavy atom. The number of cyclic esters (lactones) is 1. The van der Waals surface area contributed by atoms with Crippen LogP contribution in [0.5, 0.6) is 0 Å². The number of unbranched alkanes of at least 4 members (excludes halogenated alkanes) is 23. The average molecular weight is 1130 g/mol. The smallest absolute Gasteiger partial charge is 0.355 e. The predicted octanol–water partition coefficient (Wildman–Crippen LogP) is 12.8. The molecule has 0 aliphatic carbocycles. The zero-order valence-electron chi connectivity index (χ0n) is 49.5. The highest BCUT2D eigenvalue weighted by molar-refractivity contribution is 7.45. The first-order chi connectivity index (χ1) is 38.5. The average Bonchev–Trinajstić information content (AvgIpc) is 3.88. The van der Waals surface area contributed by atoms with Crippen molar-refractivity contribution in [1.82, 2.24) is 14.9 Å². The highest BCUT2D eigenvalue weighted by atomic mass is 31.2. The van der Waals surface area contributed by atoms with E-state index in [4.69, 9.17) is 28.2 Å². The van der Waals surface area contributed by atoms with E-state index in [9.17, 15) is 33.4 Å². The van der Waals surface area contributed by atoms with E-state index in [-0.39, 0.29) is 55.2 Å². The third kappa shape index (κ3) is 21.9. The highest BCUT2D eigenvalue weighted by Crippen LogP contribution is 2.42. The largest absolute Gasteiger partial charge is 0.756 e. The molecule has 1 amide bonds. The van der Waals surface area contributed by atoms with Crippen molar-refractivity contribution in [1.29, 1.82) is 0 Å². The molecule has 1 unspecified atom stereocenters. The number of pyridine rings is 2. The molecule has 1 aromatic carbocycles. The van der Waals surface area contributed by atoms with Gasteiger partial charge in [-0.1, -0.05) is 186 Å². The van der Waals surface area contributed by atoms with Crippen molar-refractivity contribution in [3.8, 4) is 11.4 Å². The fourth-order valence-electron chi connectivity index (χ4n) is 10.6. The van der Waals surface area contributed by atoms with Crippen molar-refractivity contribution in [3.63, 3.8) is 0 Å². The molecular formula is C63H97N4O12P. The lowest BCUT2D eigenvalue weighted by molar-refractivity contribution is -0.870. The van der Waals surface area contributed by atoms with E-state index in [1.807, 2.05) is 57.6 Å². The monoisotopic (exact) mass is 1130 g/mol. The summed E-state index contributed by atoms with van der Waals surface area (Å²) in [6.07, 6.45) is 30.1. The predicted molar refractivity (Wildman–Crippen MR) is 312 cm³/mol. The van der Waals surface area contributed by atoms with E-state index in [0.29, 0.717) is 35.3 Å². The Balaban J connectivity index is 1.26. The number of amides is 1. The Labute approximate surface area is 477 Å². The van der Waals surface area contributed by atoms with Crippen LogP contribution >= 0.6 is 7.82 Å². The third-order valence-electron chi connectivity index (χ3n) is 15.4. The van der Waals surface area contributed by atoms with Crippen LogP contribution in [-0.2, 0) is 65.8 Å². The first-order valence-electron chi connectivity index (χ1n) is 30.6. The van der Waals surface area contributed by atoms with E-state index < -0.39 is 62.9 Å². The Kier molecular flexibility index (Phi) is 28.6. The molecule has 0 saturated heterocycles. The molecule has 3 aromatic rings. The summed E-state index contributed by atoms with van der Waals surface area (Å²) < 4.78 is 43.4. The number of carbonyl (C=O) groups is 4. The van der Waals surface area contributed by atoms with Crippen LogP contribution in [0.1, 0.15) is 224 Å². The van der Waals surface area contributed by atoms with Gasteiger partial charge in [-0.2, -0.15) is 0 Å². The van der Waals surface area contributed by atoms with E-state index >= 15 is 0 Å². The maximum absolute atomic E-state index is 14.1. The summed E-state index contributed by atoms with van der Waals surface area (Å²) in [4.78, 5) is 87.4. The van der Waals surface area contributed by atoms with Crippen LogP contribution in [0.2, 0.25) is 0 Å². The number of ether oxygens (including phenoxy) is 3. The molecule has 4 heterocycles. The number of esters is 3. The molecule has 16 nitrogen and oxygen atoms in total. The minimum Gasteiger partial charge on any atom is -0.756 e. The summed E-state index contributed by atoms with van der Waals surface area (Å²) >= 11 is 0. The molecule has 17 heteroatoms. The van der Waals surface area contributed by atoms with Gasteiger partial charge in [0.05, 0.1) is 75.6 Å². The Morgan fingerprint density at radius 1 is 0.775 bits per heavy atom. The third-order valence-corrected chi connectivity index (χ3v) is 16.4. The van der Waals surface area contributed by atoms with Gasteiger partial charge in [0, 0.05) is 22.9 Å². The highest BCUT2D eigenvalue weighted by Gasteiger charge is 2.50. The first-order valence-corrected chi connectivity index (χ1v) is 32.1. The number of phosphoric ester groups is 1. The molecule has 0 radical (unpaired) electrons. The number of benzene rings is 1. The molecule has 0 spiro atoms. The molecule has 2 aliphatic rings. The number of quaternary nitrogens is 1. The van der Waals surface area contributed by atoms with Crippen LogP contribution in [0.3, 0.4) is 0 Å². The van der Waals surface area contributed by atoms with Crippen LogP contribution in [0.25, 0.3) is 22.3 Å². The van der Waals surface area contributed by atoms with Crippen molar-refractivity contribution in [2.24, 2.45) is 0 Å². The number of phosphoric acid groups is 1. The van der Waals surface area contributed by atoms with Gasteiger partial charge in [-0.25, -0.2) is 9.78 Å². The molecule has 0 bridgehead atoms. The van der Waals surface area contributed by atoms with Crippen molar-refractivity contribution in [2.45, 2.75) is 238 Å². The molecular weight excluding hydrogens is 1040 g/mol. The number of hydrogen-bond donors (Lipinski definition) is 1. The van der Waals surface area contributed by atoms with Gasteiger partial charge >= 0.3 is 17.9 Å². The second-order valence-corrected chi connectivity index (χ2v) is 24.6. The van der Waals surface area contributed by atoms with Gasteiger partial charge in [-0.3, -0.25) is 23.7 Å². The van der Waals surface area contributed by atoms with Gasteiger partial charge < -0.3 is 42.5 Å². The number of rotatable bonds is 42. The van der Waals surface area contributed by atoms with Crippen LogP contribution in [0.15, 0.2) is 53.3 Å². The number of fused-ring (bicyclic) bond motifs is 5. The molecule has 5 rings (SSSR count). The molecule has 1 N–H and O–H groups in total. The Morgan fingerprint density at radius 2 is 1.35 bits per heavy atom. The maximum Gasteiger partial charge on any atom is 0.355 e. The SMILES string of the molecule is CCCCCCCCCCCCC/C=C/[C@@H](OC(=O)CCC(=O)O[C@]1(CC)C(=O)OCc2c1cc1n(c2=O)Cc2cc3ccccc3nc2-1)[C@H](COP(=O)([O-])OCC[N+](C)(C)C)NC(=O)CCCCCCCCCCCCCCC. The zero-order chi connectivity index (χ0) is 57.8. The Hall–Kier alpha value is -4.73. The topological polar surface area (TPSA) is 201 Å². The Bertz CT molecular complexity index is 2560. The van der Waals surface area contributed by atoms with Crippen LogP contribution in [-0.4, -0.2) is 90.9 Å². The number of aromatic nitrogens is 2. The molecule has 0 fully saturated rings. The summed E-state index contributed by atoms with van der Waals surface area (Å²) in [7, 11) is 0.835. The van der Waals surface area contributed by atoms with Crippen molar-refractivity contribution < 1.29 is 56.4 Å². The number of nitrogens with zero attached hydrogens (tertiary/aromatic N) is 3. The molecule has 0 saturated carbocycles. The normalized spacial score (nSPS) is 16.4. The fraction of sp³-hybridized carbons (Fsp3) is 0.683. The summed E-state index contributed by atoms with van der Waals surface area (Å²) in [6.45, 7) is 5.76. The fourth-order valence-corrected chi connectivity index (χ4v) is 11.3. The second-order valence-electron chi connectivity index (χ2n) is 23.2. The van der Waals surface area contributed by atoms with Crippen LogP contribution in [0, 0.1) is 0 Å². The van der Waals surface area contributed by atoms with E-state index in [0.717, 1.165) is 67.8 Å². The zero-order valence-corrected chi connectivity index (χ0v) is 50.4. The molecule has 4 atom stereocenters. The van der Waals surface area contributed by atoms with Gasteiger partial charge in [-0.15, -0.1) is 0 Å². The molecule has 446 valence electrons. The summed E-state index contributed by atoms with van der Waals surface area (Å²) in [5.74, 6) is -2.93. The van der Waals surface area contributed by atoms with Gasteiger partial charge in [0.2, 0.25) is 11.5 Å². The van der Waals surface area contributed by atoms with Gasteiger partial charge in [-0.05, 0) is 50.0 Å². The van der Waals surface area contributed by atoms with E-state index in [1.54, 1.807) is 23.6 Å². The number of likely N-dealkylation sites (N-methyl/N-ethyl adjacent to an activating group) is 1. The van der Waals surface area contributed by atoms with Gasteiger partial charge in [0.25, 0.3) is 13.4 Å². The van der Waals surface area contributed by atoms with Crippen molar-refractivity contribution >= 4 is 42.5 Å². The molecule has 80 heavy (non-hydrogen) atoms. The number of carbonyl (C=O) groups excluding carboxylic acids is 4. The van der Waals surface area contributed by atoms with Crippen LogP contribution in [0.4, 0.5) is 0 Å². The number of allylic oxidation sites excluding steroid dienone is 1. The maximum atomic E-state index is 14.1. The lowest BCUT2D eigenvalue weighted by Crippen LogP contribution is -2.48. The minimum absolute atomic E-state index is 0.0643. The first kappa shape index (κ1) is 66.1. The lowest BCUT2D eigenvalue weighted by atomic mass is 9.85. The quantitative estimate of drug-likeness (QED) is 0.0110. The van der Waals surface area contributed by atoms with Gasteiger partial charge in [0.15, 0.2) is 0 Å². The van der Waals surface area contributed by atoms with Crippen molar-refractivity contribution in [3.05, 3.63) is 75.6 Å². The second kappa shape index (κ2) is 34.7. The summed E-state index contributed by atoms with van der Waals surface area (Å²) in [5, 5.41) is 3.83. The standard InChI is InChI=1S/C63H97N4O12P/c1-7-10-12-14-16-18-20-22-24-26-28-30-32-38-56(54(48-77-80(73,74)76-43-42-67(4,5)6)64-57(68)39-33-31-29-27-25-23-21-19-17-15-13-11-8-2)78-58(69)40-41-59(70)79-63(9-3)52-45-55-60-50(44-49-36-34-35-37-53(49)65-60)46-66(55)61(71)51(52)47-75-62(63)72/h32,34-38,44-45,54,56H,7-31,33,39-43,46-48H2,1-6H3,(H-,64,68,73,74)/b38-32+/t54-,56+,63-/m0/s1. The summed E-state index contributed by atoms with van der Waals surface area (Å²) in [6, 6.07) is 10.2. The van der Waals surface area contributed by atoms with E-state index in [1.165, 1.54) is 96.3 Å². The van der Waals surface area contributed by atoms with Crippen molar-refractivity contribution in [2.75, 3.05) is 40.9 Å². The number of para-hydroxylation sites is 1. The van der Waals surface area contributed by atoms with Gasteiger partial charge in [0.1, 0.15) is 25.9 Å². The lowest BCUT2D eigenvalue weighted by Gasteiger charge is -2.35.